The van der Waals surface area contributed by atoms with Crippen molar-refractivity contribution >= 4 is 17.3 Å². The molecule has 2 aromatic rings. The fraction of sp³-hybridized carbons (Fsp3) is 0.440. The second-order valence-corrected chi connectivity index (χ2v) is 7.98. The summed E-state index contributed by atoms with van der Waals surface area (Å²) in [6.07, 6.45) is 12.0. The molecule has 0 aliphatic heterocycles. The van der Waals surface area contributed by atoms with E-state index in [2.05, 4.69) is 56.3 Å². The molecule has 0 aromatic heterocycles. The first kappa shape index (κ1) is 18.8. The van der Waals surface area contributed by atoms with E-state index in [0.717, 1.165) is 17.5 Å². The quantitative estimate of drug-likeness (QED) is 0.431. The van der Waals surface area contributed by atoms with Gasteiger partial charge in [0.25, 0.3) is 0 Å². The Bertz CT molecular complexity index is 701. The monoisotopic (exact) mass is 347 g/mol. The molecule has 1 aliphatic carbocycles. The zero-order chi connectivity index (χ0) is 18.4. The maximum Gasteiger partial charge on any atom is 0.0314 e. The Morgan fingerprint density at radius 3 is 2.23 bits per heavy atom. The highest BCUT2D eigenvalue weighted by atomic mass is 14.5. The number of unbranched alkanes of at least 4 members (excludes halogenated alkanes) is 1. The predicted octanol–water partition coefficient (Wildman–Crippen LogP) is 7.29. The molecule has 0 radical (unpaired) electrons. The number of hydrogen-bond donors (Lipinski definition) is 1. The molecule has 0 unspecified atom stereocenters. The van der Waals surface area contributed by atoms with E-state index in [1.165, 1.54) is 67.2 Å². The minimum atomic E-state index is 0.768. The molecule has 1 aliphatic rings. The minimum absolute atomic E-state index is 0.768. The number of allylic oxidation sites excluding steroid dienone is 1. The maximum atomic E-state index is 5.78. The minimum Gasteiger partial charge on any atom is -0.399 e. The number of nitrogens with two attached hydrogens (primary N) is 1. The Morgan fingerprint density at radius 1 is 0.962 bits per heavy atom. The van der Waals surface area contributed by atoms with Crippen LogP contribution in [0.3, 0.4) is 0 Å². The fourth-order valence-corrected chi connectivity index (χ4v) is 4.22. The molecule has 0 amide bonds. The Morgan fingerprint density at radius 2 is 1.62 bits per heavy atom. The topological polar surface area (TPSA) is 26.0 Å². The average molecular weight is 348 g/mol. The van der Waals surface area contributed by atoms with Gasteiger partial charge in [-0.2, -0.15) is 0 Å². The van der Waals surface area contributed by atoms with Crippen LogP contribution in [0.1, 0.15) is 81.4 Å². The van der Waals surface area contributed by atoms with E-state index in [4.69, 9.17) is 5.73 Å². The molecule has 2 N–H and O–H groups in total. The van der Waals surface area contributed by atoms with Gasteiger partial charge < -0.3 is 5.73 Å². The summed E-state index contributed by atoms with van der Waals surface area (Å²) < 4.78 is 0. The van der Waals surface area contributed by atoms with Gasteiger partial charge in [0.2, 0.25) is 0 Å². The number of anilines is 1. The van der Waals surface area contributed by atoms with Crippen LogP contribution < -0.4 is 5.73 Å². The summed E-state index contributed by atoms with van der Waals surface area (Å²) in [7, 11) is 0. The van der Waals surface area contributed by atoms with Crippen LogP contribution in [0.5, 0.6) is 0 Å². The molecule has 26 heavy (non-hydrogen) atoms. The van der Waals surface area contributed by atoms with Gasteiger partial charge in [-0.25, -0.2) is 0 Å². The van der Waals surface area contributed by atoms with Gasteiger partial charge in [0, 0.05) is 5.69 Å². The Labute approximate surface area is 159 Å². The van der Waals surface area contributed by atoms with Crippen molar-refractivity contribution in [2.45, 2.75) is 64.7 Å². The molecule has 0 atom stereocenters. The second-order valence-electron chi connectivity index (χ2n) is 7.98. The first-order chi connectivity index (χ1) is 12.7. The molecule has 3 rings (SSSR count). The van der Waals surface area contributed by atoms with Gasteiger partial charge in [-0.15, -0.1) is 0 Å². The maximum absolute atomic E-state index is 5.78. The van der Waals surface area contributed by atoms with Gasteiger partial charge in [0.1, 0.15) is 0 Å². The van der Waals surface area contributed by atoms with Crippen LogP contribution >= 0.6 is 0 Å². The highest BCUT2D eigenvalue weighted by Crippen LogP contribution is 2.37. The molecule has 1 nitrogen and oxygen atoms in total. The lowest BCUT2D eigenvalue weighted by Crippen LogP contribution is -2.13. The van der Waals surface area contributed by atoms with E-state index in [0.29, 0.717) is 0 Å². The van der Waals surface area contributed by atoms with Crippen molar-refractivity contribution in [3.05, 3.63) is 65.2 Å². The standard InChI is InChI=1S/C25H33N/c1-3-4-5-20-6-10-23(11-7-20)24-12-8-21(9-13-24)18-19(2)22-14-16-25(26)17-15-22/h8-9,12-18,20,23H,3-7,10-11,26H2,1-2H3/b19-18+. The normalized spacial score (nSPS) is 20.9. The van der Waals surface area contributed by atoms with E-state index in [1.807, 2.05) is 12.1 Å². The first-order valence-electron chi connectivity index (χ1n) is 10.3. The van der Waals surface area contributed by atoms with Crippen LogP contribution in [0.25, 0.3) is 11.6 Å². The van der Waals surface area contributed by atoms with Gasteiger partial charge in [0.15, 0.2) is 0 Å². The van der Waals surface area contributed by atoms with Crippen molar-refractivity contribution in [3.63, 3.8) is 0 Å². The molecule has 0 heterocycles. The van der Waals surface area contributed by atoms with E-state index >= 15 is 0 Å². The Balaban J connectivity index is 1.60. The summed E-state index contributed by atoms with van der Waals surface area (Å²) in [6, 6.07) is 17.4. The van der Waals surface area contributed by atoms with Crippen LogP contribution in [0.15, 0.2) is 48.5 Å². The Kier molecular flexibility index (Phi) is 6.55. The SMILES string of the molecule is CCCCC1CCC(c2ccc(/C=C(\C)c3ccc(N)cc3)cc2)CC1. The van der Waals surface area contributed by atoms with Gasteiger partial charge in [-0.1, -0.05) is 68.7 Å². The van der Waals surface area contributed by atoms with E-state index in [9.17, 15) is 0 Å². The highest BCUT2D eigenvalue weighted by molar-refractivity contribution is 5.80. The van der Waals surface area contributed by atoms with Crippen molar-refractivity contribution in [1.82, 2.24) is 0 Å². The fourth-order valence-electron chi connectivity index (χ4n) is 4.22. The van der Waals surface area contributed by atoms with Gasteiger partial charge in [-0.05, 0) is 78.8 Å². The van der Waals surface area contributed by atoms with Gasteiger partial charge >= 0.3 is 0 Å². The summed E-state index contributed by atoms with van der Waals surface area (Å²) in [4.78, 5) is 0. The van der Waals surface area contributed by atoms with Crippen molar-refractivity contribution < 1.29 is 0 Å². The molecule has 138 valence electrons. The van der Waals surface area contributed by atoms with E-state index in [1.54, 1.807) is 0 Å². The van der Waals surface area contributed by atoms with Gasteiger partial charge in [-0.3, -0.25) is 0 Å². The summed E-state index contributed by atoms with van der Waals surface area (Å²) in [5.41, 5.74) is 11.9. The molecule has 0 spiro atoms. The highest BCUT2D eigenvalue weighted by Gasteiger charge is 2.21. The van der Waals surface area contributed by atoms with E-state index < -0.39 is 0 Å². The average Bonchev–Trinajstić information content (AvgIpc) is 2.68. The van der Waals surface area contributed by atoms with Crippen LogP contribution in [-0.4, -0.2) is 0 Å². The lowest BCUT2D eigenvalue weighted by Gasteiger charge is -2.28. The summed E-state index contributed by atoms with van der Waals surface area (Å²) in [5.74, 6) is 1.75. The largest absolute Gasteiger partial charge is 0.399 e. The summed E-state index contributed by atoms with van der Waals surface area (Å²) in [6.45, 7) is 4.47. The Hall–Kier alpha value is -2.02. The van der Waals surface area contributed by atoms with E-state index in [-0.39, 0.29) is 0 Å². The predicted molar refractivity (Wildman–Crippen MR) is 115 cm³/mol. The third kappa shape index (κ3) is 5.00. The molecule has 1 fully saturated rings. The number of hydrogen-bond acceptors (Lipinski definition) is 1. The zero-order valence-corrected chi connectivity index (χ0v) is 16.4. The molecular formula is C25H33N. The van der Waals surface area contributed by atoms with Crippen molar-refractivity contribution in [2.24, 2.45) is 5.92 Å². The third-order valence-corrected chi connectivity index (χ3v) is 5.97. The summed E-state index contributed by atoms with van der Waals surface area (Å²) >= 11 is 0. The van der Waals surface area contributed by atoms with Crippen LogP contribution in [0.2, 0.25) is 0 Å². The number of benzene rings is 2. The molecular weight excluding hydrogens is 314 g/mol. The molecule has 0 bridgehead atoms. The second kappa shape index (κ2) is 9.07. The lowest BCUT2D eigenvalue weighted by molar-refractivity contribution is 0.304. The molecule has 2 aromatic carbocycles. The van der Waals surface area contributed by atoms with Crippen molar-refractivity contribution in [2.75, 3.05) is 5.73 Å². The van der Waals surface area contributed by atoms with Crippen LogP contribution in [-0.2, 0) is 0 Å². The smallest absolute Gasteiger partial charge is 0.0314 e. The zero-order valence-electron chi connectivity index (χ0n) is 16.4. The first-order valence-corrected chi connectivity index (χ1v) is 10.3. The van der Waals surface area contributed by atoms with Crippen molar-refractivity contribution in [3.8, 4) is 0 Å². The number of rotatable bonds is 6. The third-order valence-electron chi connectivity index (χ3n) is 5.97. The van der Waals surface area contributed by atoms with Crippen LogP contribution in [0, 0.1) is 5.92 Å². The van der Waals surface area contributed by atoms with Gasteiger partial charge in [0.05, 0.1) is 0 Å². The van der Waals surface area contributed by atoms with Crippen LogP contribution in [0.4, 0.5) is 5.69 Å². The summed E-state index contributed by atoms with van der Waals surface area (Å²) in [5, 5.41) is 0. The molecule has 1 saturated carbocycles. The molecule has 0 saturated heterocycles. The number of nitrogen functional groups attached to an aromatic ring is 1. The molecule has 1 heteroatoms. The van der Waals surface area contributed by atoms with Crippen molar-refractivity contribution in [1.29, 1.82) is 0 Å². The lowest BCUT2D eigenvalue weighted by atomic mass is 9.77.